The van der Waals surface area contributed by atoms with E-state index in [1.807, 2.05) is 19.1 Å². The van der Waals surface area contributed by atoms with E-state index in [-0.39, 0.29) is 11.9 Å². The quantitative estimate of drug-likeness (QED) is 0.698. The summed E-state index contributed by atoms with van der Waals surface area (Å²) in [6.07, 6.45) is 1.11. The lowest BCUT2D eigenvalue weighted by Gasteiger charge is -2.27. The average molecular weight is 270 g/mol. The lowest BCUT2D eigenvalue weighted by Crippen LogP contribution is -2.48. The van der Waals surface area contributed by atoms with E-state index < -0.39 is 5.54 Å². The van der Waals surface area contributed by atoms with Gasteiger partial charge in [0.15, 0.2) is 0 Å². The van der Waals surface area contributed by atoms with Gasteiger partial charge in [-0.1, -0.05) is 0 Å². The number of aromatic amines is 1. The number of imide groups is 1. The number of hydrogen-bond acceptors (Lipinski definition) is 3. The summed E-state index contributed by atoms with van der Waals surface area (Å²) in [5.41, 5.74) is 3.34. The minimum absolute atomic E-state index is 0.200. The first-order valence-electron chi connectivity index (χ1n) is 6.57. The fourth-order valence-corrected chi connectivity index (χ4v) is 3.34. The zero-order valence-electron chi connectivity index (χ0n) is 11.3. The van der Waals surface area contributed by atoms with Crippen molar-refractivity contribution in [3.05, 3.63) is 29.1 Å². The Morgan fingerprint density at radius 2 is 1.95 bits per heavy atom. The number of benzene rings is 1. The number of nitrogens with zero attached hydrogens (tertiary/aromatic N) is 2. The van der Waals surface area contributed by atoms with Gasteiger partial charge in [-0.2, -0.15) is 0 Å². The molecule has 1 saturated heterocycles. The molecule has 1 aromatic heterocycles. The van der Waals surface area contributed by atoms with E-state index in [1.165, 1.54) is 4.90 Å². The molecular formula is C14H14N4O2. The predicted octanol–water partition coefficient (Wildman–Crippen LogP) is 0.890. The lowest BCUT2D eigenvalue weighted by atomic mass is 9.95. The monoisotopic (exact) mass is 270 g/mol. The summed E-state index contributed by atoms with van der Waals surface area (Å²) >= 11 is 0. The topological polar surface area (TPSA) is 78.1 Å². The highest BCUT2D eigenvalue weighted by molar-refractivity contribution is 6.07. The van der Waals surface area contributed by atoms with Crippen LogP contribution in [-0.2, 0) is 17.6 Å². The van der Waals surface area contributed by atoms with Gasteiger partial charge in [0, 0.05) is 19.9 Å². The van der Waals surface area contributed by atoms with Crippen LogP contribution in [0, 0.1) is 6.92 Å². The molecule has 1 unspecified atom stereocenters. The summed E-state index contributed by atoms with van der Waals surface area (Å²) in [4.78, 5) is 33.0. The van der Waals surface area contributed by atoms with Crippen LogP contribution in [0.2, 0.25) is 0 Å². The zero-order valence-corrected chi connectivity index (χ0v) is 11.3. The predicted molar refractivity (Wildman–Crippen MR) is 72.3 cm³/mol. The molecule has 0 saturated carbocycles. The number of nitrogens with one attached hydrogen (secondary N) is 2. The smallest absolute Gasteiger partial charge is 0.324 e. The third kappa shape index (κ3) is 1.25. The first kappa shape index (κ1) is 11.5. The summed E-state index contributed by atoms with van der Waals surface area (Å²) in [6, 6.07) is 3.75. The standard InChI is InChI=1S/C14H14N4O2/c1-7-15-10-3-8-5-14(6-9(8)4-11(10)16-7)12(19)17-13(20)18(14)2/h3-4H,5-6H2,1-2H3,(H,15,16)(H,17,19,20). The van der Waals surface area contributed by atoms with Gasteiger partial charge in [0.25, 0.3) is 5.91 Å². The van der Waals surface area contributed by atoms with Gasteiger partial charge in [0.1, 0.15) is 11.4 Å². The zero-order chi connectivity index (χ0) is 14.1. The molecule has 102 valence electrons. The van der Waals surface area contributed by atoms with Crippen LogP contribution in [0.5, 0.6) is 0 Å². The maximum absolute atomic E-state index is 12.2. The highest BCUT2D eigenvalue weighted by atomic mass is 16.2. The number of hydrogen-bond donors (Lipinski definition) is 2. The largest absolute Gasteiger partial charge is 0.342 e. The maximum atomic E-state index is 12.2. The summed E-state index contributed by atoms with van der Waals surface area (Å²) in [5, 5.41) is 2.40. The van der Waals surface area contributed by atoms with Crippen LogP contribution in [0.15, 0.2) is 12.1 Å². The molecule has 1 aliphatic carbocycles. The Bertz CT molecular complexity index is 734. The highest BCUT2D eigenvalue weighted by Gasteiger charge is 2.54. The van der Waals surface area contributed by atoms with Crippen molar-refractivity contribution < 1.29 is 9.59 Å². The van der Waals surface area contributed by atoms with Gasteiger partial charge >= 0.3 is 6.03 Å². The first-order valence-corrected chi connectivity index (χ1v) is 6.57. The van der Waals surface area contributed by atoms with Gasteiger partial charge in [-0.3, -0.25) is 10.1 Å². The second-order valence-electron chi connectivity index (χ2n) is 5.66. The number of urea groups is 1. The third-order valence-electron chi connectivity index (χ3n) is 4.48. The van der Waals surface area contributed by atoms with Gasteiger partial charge < -0.3 is 9.88 Å². The molecule has 1 spiro atoms. The Balaban J connectivity index is 1.84. The maximum Gasteiger partial charge on any atom is 0.324 e. The van der Waals surface area contributed by atoms with Crippen molar-refractivity contribution >= 4 is 23.0 Å². The first-order chi connectivity index (χ1) is 9.49. The summed E-state index contributed by atoms with van der Waals surface area (Å²) < 4.78 is 0. The summed E-state index contributed by atoms with van der Waals surface area (Å²) in [5.74, 6) is 0.679. The molecule has 0 bridgehead atoms. The van der Waals surface area contributed by atoms with E-state index in [9.17, 15) is 9.59 Å². The minimum Gasteiger partial charge on any atom is -0.342 e. The number of carbonyl (C=O) groups is 2. The second kappa shape index (κ2) is 3.39. The fourth-order valence-electron chi connectivity index (χ4n) is 3.34. The van der Waals surface area contributed by atoms with Crippen molar-refractivity contribution in [3.8, 4) is 0 Å². The second-order valence-corrected chi connectivity index (χ2v) is 5.66. The third-order valence-corrected chi connectivity index (χ3v) is 4.48. The number of likely N-dealkylation sites (N-methyl/N-ethyl adjacent to an activating group) is 1. The molecule has 1 fully saturated rings. The van der Waals surface area contributed by atoms with E-state index in [0.717, 1.165) is 28.0 Å². The highest BCUT2D eigenvalue weighted by Crippen LogP contribution is 2.38. The summed E-state index contributed by atoms with van der Waals surface area (Å²) in [6.45, 7) is 1.92. The molecule has 6 heteroatoms. The Labute approximate surface area is 115 Å². The van der Waals surface area contributed by atoms with Gasteiger partial charge in [-0.15, -0.1) is 0 Å². The molecule has 2 heterocycles. The Kier molecular flexibility index (Phi) is 1.94. The van der Waals surface area contributed by atoms with Crippen LogP contribution < -0.4 is 5.32 Å². The Morgan fingerprint density at radius 3 is 2.60 bits per heavy atom. The number of aromatic nitrogens is 2. The van der Waals surface area contributed by atoms with Crippen molar-refractivity contribution in [2.45, 2.75) is 25.3 Å². The average Bonchev–Trinajstić information content (AvgIpc) is 2.98. The van der Waals surface area contributed by atoms with Crippen molar-refractivity contribution in [1.82, 2.24) is 20.2 Å². The van der Waals surface area contributed by atoms with Crippen molar-refractivity contribution in [2.75, 3.05) is 7.05 Å². The molecule has 20 heavy (non-hydrogen) atoms. The normalized spacial score (nSPS) is 20.0. The number of imidazole rings is 1. The Morgan fingerprint density at radius 1 is 1.25 bits per heavy atom. The number of H-pyrrole nitrogens is 1. The van der Waals surface area contributed by atoms with E-state index in [2.05, 4.69) is 15.3 Å². The molecule has 2 aromatic rings. The van der Waals surface area contributed by atoms with Crippen LogP contribution in [-0.4, -0.2) is 39.4 Å². The van der Waals surface area contributed by atoms with Crippen LogP contribution in [0.1, 0.15) is 17.0 Å². The van der Waals surface area contributed by atoms with Gasteiger partial charge in [-0.25, -0.2) is 9.78 Å². The van der Waals surface area contributed by atoms with Gasteiger partial charge in [0.2, 0.25) is 0 Å². The van der Waals surface area contributed by atoms with Gasteiger partial charge in [-0.05, 0) is 30.2 Å². The Hall–Kier alpha value is -2.37. The number of rotatable bonds is 0. The van der Waals surface area contributed by atoms with Crippen molar-refractivity contribution in [3.63, 3.8) is 0 Å². The minimum atomic E-state index is -0.757. The van der Waals surface area contributed by atoms with Gasteiger partial charge in [0.05, 0.1) is 11.0 Å². The lowest BCUT2D eigenvalue weighted by molar-refractivity contribution is -0.125. The van der Waals surface area contributed by atoms with Crippen LogP contribution in [0.3, 0.4) is 0 Å². The molecule has 3 amide bonds. The van der Waals surface area contributed by atoms with Crippen molar-refractivity contribution in [1.29, 1.82) is 0 Å². The van der Waals surface area contributed by atoms with E-state index >= 15 is 0 Å². The molecule has 1 aliphatic heterocycles. The van der Waals surface area contributed by atoms with Crippen molar-refractivity contribution in [2.24, 2.45) is 0 Å². The fraction of sp³-hybridized carbons (Fsp3) is 0.357. The number of amides is 3. The summed E-state index contributed by atoms with van der Waals surface area (Å²) in [7, 11) is 1.68. The van der Waals surface area contributed by atoms with E-state index in [0.29, 0.717) is 12.8 Å². The number of carbonyl (C=O) groups excluding carboxylic acids is 2. The van der Waals surface area contributed by atoms with E-state index in [4.69, 9.17) is 0 Å². The SMILES string of the molecule is Cc1nc2cc3c(cc2[nH]1)CC1(C3)C(=O)NC(=O)N1C. The van der Waals surface area contributed by atoms with Crippen LogP contribution in [0.25, 0.3) is 11.0 Å². The van der Waals surface area contributed by atoms with E-state index in [1.54, 1.807) is 7.05 Å². The van der Waals surface area contributed by atoms with Crippen LogP contribution >= 0.6 is 0 Å². The number of fused-ring (bicyclic) bond motifs is 2. The van der Waals surface area contributed by atoms with Crippen LogP contribution in [0.4, 0.5) is 4.79 Å². The molecule has 4 rings (SSSR count). The molecule has 0 radical (unpaired) electrons. The molecule has 2 aliphatic rings. The molecule has 1 aromatic carbocycles. The number of aryl methyl sites for hydroxylation is 1. The molecule has 2 N–H and O–H groups in total. The molecular weight excluding hydrogens is 256 g/mol. The molecule has 1 atom stereocenters. The molecule has 6 nitrogen and oxygen atoms in total.